The first kappa shape index (κ1) is 17.3. The number of nitrogens with one attached hydrogen (secondary N) is 1. The molecular weight excluding hydrogens is 316 g/mol. The lowest BCUT2D eigenvalue weighted by Crippen LogP contribution is -2.21. The van der Waals surface area contributed by atoms with E-state index in [1.54, 1.807) is 12.1 Å². The molecular formula is C20H24N2O3. The van der Waals surface area contributed by atoms with E-state index in [-0.39, 0.29) is 12.5 Å². The van der Waals surface area contributed by atoms with Gasteiger partial charge in [0.25, 0.3) is 5.91 Å². The number of anilines is 2. The van der Waals surface area contributed by atoms with Gasteiger partial charge in [-0.3, -0.25) is 4.79 Å². The molecule has 1 aliphatic rings. The summed E-state index contributed by atoms with van der Waals surface area (Å²) in [6.45, 7) is 1.44. The van der Waals surface area contributed by atoms with Crippen molar-refractivity contribution in [1.82, 2.24) is 0 Å². The molecule has 1 fully saturated rings. The average molecular weight is 340 g/mol. The zero-order valence-electron chi connectivity index (χ0n) is 14.4. The smallest absolute Gasteiger partial charge is 0.255 e. The van der Waals surface area contributed by atoms with Crippen molar-refractivity contribution in [3.8, 4) is 5.75 Å². The summed E-state index contributed by atoms with van der Waals surface area (Å²) in [5.74, 6) is 1.37. The Kier molecular flexibility index (Phi) is 5.56. The Morgan fingerprint density at radius 2 is 1.84 bits per heavy atom. The van der Waals surface area contributed by atoms with E-state index in [4.69, 9.17) is 9.84 Å². The highest BCUT2D eigenvalue weighted by molar-refractivity contribution is 6.04. The molecule has 0 bridgehead atoms. The molecule has 1 aliphatic carbocycles. The van der Waals surface area contributed by atoms with E-state index in [0.29, 0.717) is 18.0 Å². The average Bonchev–Trinajstić information content (AvgIpc) is 3.45. The number of carbonyl (C=O) groups is 1. The second-order valence-electron chi connectivity index (χ2n) is 6.42. The Bertz CT molecular complexity index is 694. The summed E-state index contributed by atoms with van der Waals surface area (Å²) < 4.78 is 5.68. The summed E-state index contributed by atoms with van der Waals surface area (Å²) in [5.41, 5.74) is 2.32. The minimum absolute atomic E-state index is 0.107. The molecule has 1 amide bonds. The van der Waals surface area contributed by atoms with Crippen LogP contribution in [0.4, 0.5) is 11.4 Å². The number of carbonyl (C=O) groups excluding carboxylic acids is 1. The monoisotopic (exact) mass is 340 g/mol. The second kappa shape index (κ2) is 8.03. The number of amides is 1. The Labute approximate surface area is 148 Å². The molecule has 2 aromatic rings. The van der Waals surface area contributed by atoms with Gasteiger partial charge in [0.05, 0.1) is 13.2 Å². The third kappa shape index (κ3) is 4.97. The predicted octanol–water partition coefficient (Wildman–Crippen LogP) is 3.16. The topological polar surface area (TPSA) is 61.8 Å². The summed E-state index contributed by atoms with van der Waals surface area (Å²) in [6, 6.07) is 14.8. The summed E-state index contributed by atoms with van der Waals surface area (Å²) >= 11 is 0. The summed E-state index contributed by atoms with van der Waals surface area (Å²) in [4.78, 5) is 14.3. The van der Waals surface area contributed by atoms with E-state index in [0.717, 1.165) is 23.7 Å². The third-order valence-electron chi connectivity index (χ3n) is 4.30. The SMILES string of the molecule is CN(CCO)c1ccc(NC(=O)c2ccc(OCC3CC3)cc2)cc1. The molecule has 3 rings (SSSR count). The number of likely N-dealkylation sites (N-methyl/N-ethyl adjacent to an activating group) is 1. The minimum atomic E-state index is -0.148. The highest BCUT2D eigenvalue weighted by Gasteiger charge is 2.21. The summed E-state index contributed by atoms with van der Waals surface area (Å²) in [6.07, 6.45) is 2.52. The molecule has 0 atom stereocenters. The van der Waals surface area contributed by atoms with Crippen molar-refractivity contribution in [2.75, 3.05) is 37.0 Å². The van der Waals surface area contributed by atoms with Gasteiger partial charge in [0, 0.05) is 30.5 Å². The first-order valence-electron chi connectivity index (χ1n) is 8.62. The van der Waals surface area contributed by atoms with Crippen LogP contribution in [-0.4, -0.2) is 37.8 Å². The van der Waals surface area contributed by atoms with Gasteiger partial charge in [-0.2, -0.15) is 0 Å². The molecule has 0 heterocycles. The normalized spacial score (nSPS) is 13.4. The largest absolute Gasteiger partial charge is 0.493 e. The number of hydrogen-bond acceptors (Lipinski definition) is 4. The van der Waals surface area contributed by atoms with Gasteiger partial charge in [-0.15, -0.1) is 0 Å². The Hall–Kier alpha value is -2.53. The molecule has 132 valence electrons. The van der Waals surface area contributed by atoms with Crippen molar-refractivity contribution in [2.24, 2.45) is 5.92 Å². The molecule has 0 spiro atoms. The van der Waals surface area contributed by atoms with Gasteiger partial charge in [-0.05, 0) is 67.3 Å². The van der Waals surface area contributed by atoms with Crippen molar-refractivity contribution in [2.45, 2.75) is 12.8 Å². The zero-order valence-corrected chi connectivity index (χ0v) is 14.4. The van der Waals surface area contributed by atoms with Crippen LogP contribution in [0.1, 0.15) is 23.2 Å². The number of benzene rings is 2. The Morgan fingerprint density at radius 1 is 1.16 bits per heavy atom. The van der Waals surface area contributed by atoms with Crippen LogP contribution in [0.2, 0.25) is 0 Å². The van der Waals surface area contributed by atoms with E-state index in [1.165, 1.54) is 12.8 Å². The maximum absolute atomic E-state index is 12.3. The highest BCUT2D eigenvalue weighted by Crippen LogP contribution is 2.29. The molecule has 2 N–H and O–H groups in total. The fourth-order valence-electron chi connectivity index (χ4n) is 2.48. The quantitative estimate of drug-likeness (QED) is 0.775. The first-order chi connectivity index (χ1) is 12.2. The molecule has 0 aliphatic heterocycles. The maximum atomic E-state index is 12.3. The molecule has 0 aromatic heterocycles. The van der Waals surface area contributed by atoms with Gasteiger partial charge in [0.15, 0.2) is 0 Å². The summed E-state index contributed by atoms with van der Waals surface area (Å²) in [5, 5.41) is 11.9. The van der Waals surface area contributed by atoms with Gasteiger partial charge in [-0.25, -0.2) is 0 Å². The van der Waals surface area contributed by atoms with E-state index in [2.05, 4.69) is 5.32 Å². The van der Waals surface area contributed by atoms with Crippen LogP contribution in [0.15, 0.2) is 48.5 Å². The fourth-order valence-corrected chi connectivity index (χ4v) is 2.48. The first-order valence-corrected chi connectivity index (χ1v) is 8.62. The van der Waals surface area contributed by atoms with Crippen molar-refractivity contribution < 1.29 is 14.6 Å². The molecule has 2 aromatic carbocycles. The molecule has 5 heteroatoms. The molecule has 25 heavy (non-hydrogen) atoms. The Balaban J connectivity index is 1.55. The van der Waals surface area contributed by atoms with Crippen molar-refractivity contribution in [3.63, 3.8) is 0 Å². The predicted molar refractivity (Wildman–Crippen MR) is 99.4 cm³/mol. The number of aliphatic hydroxyl groups is 1. The lowest BCUT2D eigenvalue weighted by Gasteiger charge is -2.18. The second-order valence-corrected chi connectivity index (χ2v) is 6.42. The standard InChI is InChI=1S/C20H24N2O3/c1-22(12-13-23)18-8-6-17(7-9-18)21-20(24)16-4-10-19(11-5-16)25-14-15-2-3-15/h4-11,15,23H,2-3,12-14H2,1H3,(H,21,24). The number of ether oxygens (including phenoxy) is 1. The van der Waals surface area contributed by atoms with Crippen LogP contribution >= 0.6 is 0 Å². The number of aliphatic hydroxyl groups excluding tert-OH is 1. The summed E-state index contributed by atoms with van der Waals surface area (Å²) in [7, 11) is 1.91. The molecule has 1 saturated carbocycles. The van der Waals surface area contributed by atoms with Crippen LogP contribution < -0.4 is 15.0 Å². The van der Waals surface area contributed by atoms with Crippen LogP contribution in [0, 0.1) is 5.92 Å². The highest BCUT2D eigenvalue weighted by atomic mass is 16.5. The molecule has 0 radical (unpaired) electrons. The van der Waals surface area contributed by atoms with Gasteiger partial charge in [0.1, 0.15) is 5.75 Å². The van der Waals surface area contributed by atoms with Gasteiger partial charge < -0.3 is 20.1 Å². The van der Waals surface area contributed by atoms with Crippen molar-refractivity contribution >= 4 is 17.3 Å². The van der Waals surface area contributed by atoms with Crippen LogP contribution in [0.25, 0.3) is 0 Å². The van der Waals surface area contributed by atoms with Crippen molar-refractivity contribution in [3.05, 3.63) is 54.1 Å². The zero-order chi connectivity index (χ0) is 17.6. The van der Waals surface area contributed by atoms with E-state index in [9.17, 15) is 4.79 Å². The van der Waals surface area contributed by atoms with Crippen LogP contribution in [0.3, 0.4) is 0 Å². The lowest BCUT2D eigenvalue weighted by atomic mass is 10.2. The Morgan fingerprint density at radius 3 is 2.44 bits per heavy atom. The molecule has 0 saturated heterocycles. The lowest BCUT2D eigenvalue weighted by molar-refractivity contribution is 0.102. The van der Waals surface area contributed by atoms with Crippen LogP contribution in [0.5, 0.6) is 5.75 Å². The number of nitrogens with zero attached hydrogens (tertiary/aromatic N) is 1. The van der Waals surface area contributed by atoms with E-state index in [1.807, 2.05) is 48.3 Å². The maximum Gasteiger partial charge on any atom is 0.255 e. The third-order valence-corrected chi connectivity index (χ3v) is 4.30. The van der Waals surface area contributed by atoms with Gasteiger partial charge in [0.2, 0.25) is 0 Å². The number of rotatable bonds is 8. The van der Waals surface area contributed by atoms with E-state index >= 15 is 0 Å². The van der Waals surface area contributed by atoms with Gasteiger partial charge in [-0.1, -0.05) is 0 Å². The molecule has 0 unspecified atom stereocenters. The van der Waals surface area contributed by atoms with Gasteiger partial charge >= 0.3 is 0 Å². The number of hydrogen-bond donors (Lipinski definition) is 2. The van der Waals surface area contributed by atoms with Crippen LogP contribution in [-0.2, 0) is 0 Å². The molecule has 5 nitrogen and oxygen atoms in total. The van der Waals surface area contributed by atoms with Crippen molar-refractivity contribution in [1.29, 1.82) is 0 Å². The minimum Gasteiger partial charge on any atom is -0.493 e. The van der Waals surface area contributed by atoms with E-state index < -0.39 is 0 Å². The fraction of sp³-hybridized carbons (Fsp3) is 0.350.